The van der Waals surface area contributed by atoms with Gasteiger partial charge in [0.25, 0.3) is 0 Å². The Kier molecular flexibility index (Phi) is 5.66. The van der Waals surface area contributed by atoms with E-state index in [1.807, 2.05) is 72.0 Å². The van der Waals surface area contributed by atoms with Crippen molar-refractivity contribution >= 4 is 0 Å². The van der Waals surface area contributed by atoms with Crippen LogP contribution in [0.1, 0.15) is 36.0 Å². The van der Waals surface area contributed by atoms with E-state index < -0.39 is 12.2 Å². The largest absolute Gasteiger partial charge is 0.455 e. The SMILES string of the molecule is C[C@H](O)c1ccc(-c2ccc(C[NH2+]C[C@H](O)c3ccccc3)o2)cc1. The zero-order chi connectivity index (χ0) is 17.6. The minimum absolute atomic E-state index is 0.466. The van der Waals surface area contributed by atoms with Gasteiger partial charge in [-0.05, 0) is 30.2 Å². The molecule has 130 valence electrons. The molecule has 0 fully saturated rings. The first-order valence-corrected chi connectivity index (χ1v) is 8.55. The van der Waals surface area contributed by atoms with Crippen molar-refractivity contribution in [1.29, 1.82) is 0 Å². The Hall–Kier alpha value is -2.40. The molecule has 4 N–H and O–H groups in total. The fourth-order valence-electron chi connectivity index (χ4n) is 2.76. The van der Waals surface area contributed by atoms with Crippen LogP contribution in [0.4, 0.5) is 0 Å². The summed E-state index contributed by atoms with van der Waals surface area (Å²) in [5.41, 5.74) is 2.80. The molecule has 1 aromatic heterocycles. The molecule has 0 aliphatic rings. The normalized spacial score (nSPS) is 13.6. The van der Waals surface area contributed by atoms with Crippen molar-refractivity contribution in [1.82, 2.24) is 0 Å². The zero-order valence-electron chi connectivity index (χ0n) is 14.3. The number of aliphatic hydroxyl groups is 2. The van der Waals surface area contributed by atoms with Crippen LogP contribution in [0.3, 0.4) is 0 Å². The summed E-state index contributed by atoms with van der Waals surface area (Å²) in [5, 5.41) is 21.8. The lowest BCUT2D eigenvalue weighted by Crippen LogP contribution is -2.83. The lowest BCUT2D eigenvalue weighted by atomic mass is 10.1. The number of aliphatic hydroxyl groups excluding tert-OH is 2. The summed E-state index contributed by atoms with van der Waals surface area (Å²) in [6.45, 7) is 3.01. The molecule has 0 aliphatic carbocycles. The second kappa shape index (κ2) is 8.12. The first kappa shape index (κ1) is 17.4. The van der Waals surface area contributed by atoms with Gasteiger partial charge in [0.1, 0.15) is 25.0 Å². The average Bonchev–Trinajstić information content (AvgIpc) is 3.11. The molecule has 2 atom stereocenters. The van der Waals surface area contributed by atoms with Gasteiger partial charge in [0, 0.05) is 5.56 Å². The minimum Gasteiger partial charge on any atom is -0.455 e. The number of benzene rings is 2. The predicted molar refractivity (Wildman–Crippen MR) is 96.7 cm³/mol. The maximum Gasteiger partial charge on any atom is 0.158 e. The quantitative estimate of drug-likeness (QED) is 0.620. The van der Waals surface area contributed by atoms with Gasteiger partial charge < -0.3 is 19.9 Å². The lowest BCUT2D eigenvalue weighted by molar-refractivity contribution is -0.679. The van der Waals surface area contributed by atoms with Gasteiger partial charge >= 0.3 is 0 Å². The van der Waals surface area contributed by atoms with E-state index in [1.165, 1.54) is 0 Å². The summed E-state index contributed by atoms with van der Waals surface area (Å²) in [7, 11) is 0. The van der Waals surface area contributed by atoms with Crippen LogP contribution >= 0.6 is 0 Å². The van der Waals surface area contributed by atoms with Gasteiger partial charge in [0.15, 0.2) is 5.76 Å². The van der Waals surface area contributed by atoms with Gasteiger partial charge in [0.2, 0.25) is 0 Å². The second-order valence-electron chi connectivity index (χ2n) is 6.22. The van der Waals surface area contributed by atoms with E-state index in [0.717, 1.165) is 28.2 Å². The third-order valence-corrected chi connectivity index (χ3v) is 4.26. The second-order valence-corrected chi connectivity index (χ2v) is 6.22. The number of rotatable bonds is 7. The van der Waals surface area contributed by atoms with Crippen LogP contribution in [0, 0.1) is 0 Å². The average molecular weight is 338 g/mol. The molecule has 3 rings (SSSR count). The smallest absolute Gasteiger partial charge is 0.158 e. The van der Waals surface area contributed by atoms with Crippen LogP contribution in [0.15, 0.2) is 71.1 Å². The van der Waals surface area contributed by atoms with Gasteiger partial charge in [-0.2, -0.15) is 0 Å². The monoisotopic (exact) mass is 338 g/mol. The number of hydrogen-bond acceptors (Lipinski definition) is 3. The van der Waals surface area contributed by atoms with E-state index in [0.29, 0.717) is 13.1 Å². The first-order chi connectivity index (χ1) is 12.1. The summed E-state index contributed by atoms with van der Waals surface area (Å²) < 4.78 is 5.88. The van der Waals surface area contributed by atoms with E-state index in [4.69, 9.17) is 4.42 Å². The zero-order valence-corrected chi connectivity index (χ0v) is 14.3. The van der Waals surface area contributed by atoms with E-state index in [9.17, 15) is 10.2 Å². The number of furan rings is 1. The highest BCUT2D eigenvalue weighted by Crippen LogP contribution is 2.24. The van der Waals surface area contributed by atoms with Gasteiger partial charge in [0.05, 0.1) is 6.10 Å². The molecular formula is C21H24NO3+. The highest BCUT2D eigenvalue weighted by molar-refractivity contribution is 5.58. The van der Waals surface area contributed by atoms with Crippen LogP contribution in [-0.4, -0.2) is 16.8 Å². The van der Waals surface area contributed by atoms with Crippen molar-refractivity contribution in [2.75, 3.05) is 6.54 Å². The number of quaternary nitrogens is 1. The van der Waals surface area contributed by atoms with Crippen molar-refractivity contribution in [2.45, 2.75) is 25.7 Å². The van der Waals surface area contributed by atoms with Crippen LogP contribution in [0.5, 0.6) is 0 Å². The molecule has 3 aromatic rings. The van der Waals surface area contributed by atoms with Crippen LogP contribution in [-0.2, 0) is 6.54 Å². The molecule has 0 bridgehead atoms. The van der Waals surface area contributed by atoms with E-state index in [2.05, 4.69) is 0 Å². The Morgan fingerprint density at radius 3 is 2.28 bits per heavy atom. The Balaban J connectivity index is 1.55. The molecule has 0 unspecified atom stereocenters. The Morgan fingerprint density at radius 2 is 1.60 bits per heavy atom. The maximum absolute atomic E-state index is 10.2. The molecule has 0 amide bonds. The fourth-order valence-corrected chi connectivity index (χ4v) is 2.76. The van der Waals surface area contributed by atoms with Gasteiger partial charge in [-0.1, -0.05) is 54.6 Å². The molecule has 0 saturated carbocycles. The number of nitrogens with two attached hydrogens (primary N) is 1. The molecule has 25 heavy (non-hydrogen) atoms. The van der Waals surface area contributed by atoms with E-state index >= 15 is 0 Å². The van der Waals surface area contributed by atoms with Crippen molar-refractivity contribution in [3.05, 3.63) is 83.6 Å². The van der Waals surface area contributed by atoms with Crippen LogP contribution in [0.25, 0.3) is 11.3 Å². The highest BCUT2D eigenvalue weighted by Gasteiger charge is 2.11. The van der Waals surface area contributed by atoms with Gasteiger partial charge in [-0.15, -0.1) is 0 Å². The van der Waals surface area contributed by atoms with Crippen molar-refractivity contribution < 1.29 is 19.9 Å². The fraction of sp³-hybridized carbons (Fsp3) is 0.238. The van der Waals surface area contributed by atoms with Crippen molar-refractivity contribution in [2.24, 2.45) is 0 Å². The summed E-state index contributed by atoms with van der Waals surface area (Å²) >= 11 is 0. The Bertz CT molecular complexity index is 778. The molecule has 2 aromatic carbocycles. The third-order valence-electron chi connectivity index (χ3n) is 4.26. The number of hydrogen-bond donors (Lipinski definition) is 3. The van der Waals surface area contributed by atoms with Crippen LogP contribution in [0.2, 0.25) is 0 Å². The molecule has 0 radical (unpaired) electrons. The molecule has 4 nitrogen and oxygen atoms in total. The summed E-state index contributed by atoms with van der Waals surface area (Å²) in [6, 6.07) is 21.3. The van der Waals surface area contributed by atoms with Gasteiger partial charge in [-0.3, -0.25) is 0 Å². The molecule has 4 heteroatoms. The van der Waals surface area contributed by atoms with Crippen molar-refractivity contribution in [3.8, 4) is 11.3 Å². The van der Waals surface area contributed by atoms with Crippen LogP contribution < -0.4 is 5.32 Å². The van der Waals surface area contributed by atoms with Gasteiger partial charge in [-0.25, -0.2) is 0 Å². The van der Waals surface area contributed by atoms with E-state index in [-0.39, 0.29) is 0 Å². The molecule has 1 heterocycles. The topological polar surface area (TPSA) is 70.2 Å². The molecule has 0 saturated heterocycles. The molecule has 0 aliphatic heterocycles. The maximum atomic E-state index is 10.2. The standard InChI is InChI=1S/C21H23NO3/c1-15(23)16-7-9-18(10-8-16)21-12-11-19(25-21)13-22-14-20(24)17-5-3-2-4-6-17/h2-12,15,20,22-24H,13-14H2,1H3/p+1/t15-,20-/m0/s1. The summed E-state index contributed by atoms with van der Waals surface area (Å²) in [6.07, 6.45) is -0.949. The van der Waals surface area contributed by atoms with Crippen molar-refractivity contribution in [3.63, 3.8) is 0 Å². The summed E-state index contributed by atoms with van der Waals surface area (Å²) in [4.78, 5) is 0. The predicted octanol–water partition coefficient (Wildman–Crippen LogP) is 2.80. The lowest BCUT2D eigenvalue weighted by Gasteiger charge is -2.08. The Morgan fingerprint density at radius 1 is 0.880 bits per heavy atom. The minimum atomic E-state index is -0.483. The van der Waals surface area contributed by atoms with E-state index in [1.54, 1.807) is 6.92 Å². The summed E-state index contributed by atoms with van der Waals surface area (Å²) in [5.74, 6) is 1.68. The first-order valence-electron chi connectivity index (χ1n) is 8.55. The highest BCUT2D eigenvalue weighted by atomic mass is 16.3. The third kappa shape index (κ3) is 4.57. The molecule has 0 spiro atoms. The molecular weight excluding hydrogens is 314 g/mol. The Labute approximate surface area is 147 Å².